The number of sulfone groups is 1. The molecule has 1 N–H and O–H groups in total. The van der Waals surface area contributed by atoms with Crippen molar-refractivity contribution in [2.24, 2.45) is 0 Å². The number of aryl methyl sites for hydroxylation is 1. The maximum absolute atomic E-state index is 12.1. The SMILES string of the molecule is CC(C)Nc1c(C#N)cnc2ccc3c(c12)CCS3(=O)=O. The minimum Gasteiger partial charge on any atom is -0.381 e. The van der Waals surface area contributed by atoms with Crippen LogP contribution in [0.1, 0.15) is 25.0 Å². The number of benzene rings is 1. The fourth-order valence-electron chi connectivity index (χ4n) is 2.75. The Hall–Kier alpha value is -2.13. The van der Waals surface area contributed by atoms with Crippen molar-refractivity contribution >= 4 is 26.4 Å². The first kappa shape index (κ1) is 13.8. The molecule has 0 saturated carbocycles. The highest BCUT2D eigenvalue weighted by atomic mass is 32.2. The average Bonchev–Trinajstić information content (AvgIpc) is 2.74. The predicted molar refractivity (Wildman–Crippen MR) is 81.0 cm³/mol. The molecule has 0 fully saturated rings. The number of nitriles is 1. The van der Waals surface area contributed by atoms with Gasteiger partial charge < -0.3 is 5.32 Å². The molecule has 1 aromatic carbocycles. The molecule has 5 nitrogen and oxygen atoms in total. The standard InChI is InChI=1S/C15H15N3O2S/c1-9(2)18-15-10(7-16)8-17-12-3-4-13-11(14(12)15)5-6-21(13,19)20/h3-4,8-9H,5-6H2,1-2H3,(H,17,18). The van der Waals surface area contributed by atoms with Crippen LogP contribution in [-0.2, 0) is 16.3 Å². The fourth-order valence-corrected chi connectivity index (χ4v) is 4.29. The quantitative estimate of drug-likeness (QED) is 0.920. The Kier molecular flexibility index (Phi) is 3.10. The summed E-state index contributed by atoms with van der Waals surface area (Å²) in [6.07, 6.45) is 2.00. The van der Waals surface area contributed by atoms with E-state index in [1.165, 1.54) is 6.20 Å². The van der Waals surface area contributed by atoms with Gasteiger partial charge in [-0.3, -0.25) is 4.98 Å². The second-order valence-electron chi connectivity index (χ2n) is 5.46. The molecule has 2 heterocycles. The van der Waals surface area contributed by atoms with E-state index in [2.05, 4.69) is 16.4 Å². The van der Waals surface area contributed by atoms with E-state index in [1.54, 1.807) is 12.1 Å². The topological polar surface area (TPSA) is 82.8 Å². The molecule has 1 aliphatic rings. The van der Waals surface area contributed by atoms with Gasteiger partial charge in [-0.1, -0.05) is 0 Å². The van der Waals surface area contributed by atoms with E-state index in [-0.39, 0.29) is 11.8 Å². The van der Waals surface area contributed by atoms with E-state index >= 15 is 0 Å². The summed E-state index contributed by atoms with van der Waals surface area (Å²) in [7, 11) is -3.20. The molecule has 0 spiro atoms. The van der Waals surface area contributed by atoms with Crippen molar-refractivity contribution in [3.8, 4) is 6.07 Å². The molecule has 108 valence electrons. The van der Waals surface area contributed by atoms with Crippen molar-refractivity contribution < 1.29 is 8.42 Å². The van der Waals surface area contributed by atoms with Gasteiger partial charge >= 0.3 is 0 Å². The van der Waals surface area contributed by atoms with Crippen LogP contribution in [0.3, 0.4) is 0 Å². The molecule has 2 aromatic rings. The van der Waals surface area contributed by atoms with E-state index in [4.69, 9.17) is 0 Å². The lowest BCUT2D eigenvalue weighted by Gasteiger charge is -2.16. The molecular weight excluding hydrogens is 286 g/mol. The molecule has 1 aromatic heterocycles. The maximum atomic E-state index is 12.1. The normalized spacial score (nSPS) is 15.9. The van der Waals surface area contributed by atoms with Gasteiger partial charge in [0, 0.05) is 17.6 Å². The van der Waals surface area contributed by atoms with Crippen LogP contribution in [0.2, 0.25) is 0 Å². The lowest BCUT2D eigenvalue weighted by Crippen LogP contribution is -2.12. The Balaban J connectivity index is 2.42. The fraction of sp³-hybridized carbons (Fsp3) is 0.333. The van der Waals surface area contributed by atoms with Crippen molar-refractivity contribution in [2.75, 3.05) is 11.1 Å². The van der Waals surface area contributed by atoms with E-state index in [9.17, 15) is 13.7 Å². The van der Waals surface area contributed by atoms with Crippen LogP contribution in [0.25, 0.3) is 10.9 Å². The highest BCUT2D eigenvalue weighted by Crippen LogP contribution is 2.37. The summed E-state index contributed by atoms with van der Waals surface area (Å²) in [4.78, 5) is 4.66. The van der Waals surface area contributed by atoms with Crippen LogP contribution < -0.4 is 5.32 Å². The third-order valence-electron chi connectivity index (χ3n) is 3.61. The van der Waals surface area contributed by atoms with E-state index in [1.807, 2.05) is 13.8 Å². The lowest BCUT2D eigenvalue weighted by atomic mass is 10.0. The average molecular weight is 301 g/mol. The molecule has 0 saturated heterocycles. The summed E-state index contributed by atoms with van der Waals surface area (Å²) in [5, 5.41) is 13.3. The summed E-state index contributed by atoms with van der Waals surface area (Å²) in [5.74, 6) is 0.124. The molecule has 0 bridgehead atoms. The maximum Gasteiger partial charge on any atom is 0.179 e. The summed E-state index contributed by atoms with van der Waals surface area (Å²) in [6, 6.07) is 5.60. The summed E-state index contributed by atoms with van der Waals surface area (Å²) >= 11 is 0. The van der Waals surface area contributed by atoms with E-state index < -0.39 is 9.84 Å². The number of hydrogen-bond acceptors (Lipinski definition) is 5. The van der Waals surface area contributed by atoms with Gasteiger partial charge in [0.1, 0.15) is 6.07 Å². The van der Waals surface area contributed by atoms with Crippen molar-refractivity contribution in [3.05, 3.63) is 29.5 Å². The molecule has 3 rings (SSSR count). The lowest BCUT2D eigenvalue weighted by molar-refractivity contribution is 0.600. The first-order chi connectivity index (χ1) is 9.94. The van der Waals surface area contributed by atoms with Crippen LogP contribution in [0, 0.1) is 11.3 Å². The number of aromatic nitrogens is 1. The smallest absolute Gasteiger partial charge is 0.179 e. The molecule has 6 heteroatoms. The van der Waals surface area contributed by atoms with Crippen molar-refractivity contribution in [1.82, 2.24) is 4.98 Å². The van der Waals surface area contributed by atoms with Gasteiger partial charge in [0.25, 0.3) is 0 Å². The van der Waals surface area contributed by atoms with Crippen molar-refractivity contribution in [3.63, 3.8) is 0 Å². The number of nitrogens with one attached hydrogen (secondary N) is 1. The minimum atomic E-state index is -3.20. The third-order valence-corrected chi connectivity index (χ3v) is 5.40. The second-order valence-corrected chi connectivity index (χ2v) is 7.54. The molecule has 0 amide bonds. The number of nitrogens with zero attached hydrogens (tertiary/aromatic N) is 2. The minimum absolute atomic E-state index is 0.124. The van der Waals surface area contributed by atoms with Crippen LogP contribution in [0.5, 0.6) is 0 Å². The molecule has 0 unspecified atom stereocenters. The van der Waals surface area contributed by atoms with Crippen LogP contribution in [-0.4, -0.2) is 25.2 Å². The molecule has 21 heavy (non-hydrogen) atoms. The zero-order valence-corrected chi connectivity index (χ0v) is 12.7. The van der Waals surface area contributed by atoms with Gasteiger partial charge in [-0.15, -0.1) is 0 Å². The number of hydrogen-bond donors (Lipinski definition) is 1. The monoisotopic (exact) mass is 301 g/mol. The van der Waals surface area contributed by atoms with Gasteiger partial charge in [0.15, 0.2) is 9.84 Å². The van der Waals surface area contributed by atoms with Crippen LogP contribution in [0.4, 0.5) is 5.69 Å². The number of fused-ring (bicyclic) bond motifs is 3. The molecule has 0 aliphatic carbocycles. The van der Waals surface area contributed by atoms with Crippen molar-refractivity contribution in [1.29, 1.82) is 5.26 Å². The Labute approximate surface area is 123 Å². The molecule has 0 atom stereocenters. The Morgan fingerprint density at radius 1 is 1.38 bits per heavy atom. The van der Waals surface area contributed by atoms with Gasteiger partial charge in [-0.05, 0) is 38.0 Å². The molecule has 0 radical (unpaired) electrons. The summed E-state index contributed by atoms with van der Waals surface area (Å²) in [6.45, 7) is 3.96. The largest absolute Gasteiger partial charge is 0.381 e. The zero-order chi connectivity index (χ0) is 15.2. The number of rotatable bonds is 2. The Morgan fingerprint density at radius 2 is 2.14 bits per heavy atom. The molecular formula is C15H15N3O2S. The Morgan fingerprint density at radius 3 is 2.81 bits per heavy atom. The first-order valence-corrected chi connectivity index (χ1v) is 8.43. The van der Waals surface area contributed by atoms with E-state index in [0.29, 0.717) is 28.1 Å². The van der Waals surface area contributed by atoms with Gasteiger partial charge in [-0.25, -0.2) is 8.42 Å². The van der Waals surface area contributed by atoms with Crippen molar-refractivity contribution in [2.45, 2.75) is 31.2 Å². The first-order valence-electron chi connectivity index (χ1n) is 6.78. The number of pyridine rings is 1. The van der Waals surface area contributed by atoms with Gasteiger partial charge in [0.2, 0.25) is 0 Å². The van der Waals surface area contributed by atoms with Gasteiger partial charge in [0.05, 0.1) is 27.4 Å². The number of anilines is 1. The van der Waals surface area contributed by atoms with Crippen LogP contribution >= 0.6 is 0 Å². The molecule has 1 aliphatic heterocycles. The third kappa shape index (κ3) is 2.14. The Bertz CT molecular complexity index is 880. The predicted octanol–water partition coefficient (Wildman–Crippen LogP) is 2.26. The highest BCUT2D eigenvalue weighted by molar-refractivity contribution is 7.91. The van der Waals surface area contributed by atoms with Gasteiger partial charge in [-0.2, -0.15) is 5.26 Å². The second kappa shape index (κ2) is 4.71. The summed E-state index contributed by atoms with van der Waals surface area (Å²) in [5.41, 5.74) is 2.62. The van der Waals surface area contributed by atoms with Crippen LogP contribution in [0.15, 0.2) is 23.2 Å². The zero-order valence-electron chi connectivity index (χ0n) is 11.8. The summed E-state index contributed by atoms with van der Waals surface area (Å²) < 4.78 is 24.2. The van der Waals surface area contributed by atoms with E-state index in [0.717, 1.165) is 10.9 Å². The highest BCUT2D eigenvalue weighted by Gasteiger charge is 2.29.